The van der Waals surface area contributed by atoms with Crippen molar-refractivity contribution in [2.24, 2.45) is 9.98 Å². The standard InChI is InChI=1S/C52H38N4O4/c1-31-3-2-4-48(60)56(31)30-32-5-7-33(8-6-32)49-37-9-10-38(29-37)50(34-11-17-39(57)18-12-34)43-24-26-45(54-43)52(36-15-21-41(59)22-16-36)47-28-27-46(55-47)51(44-25-23-42(49)53-44)35-13-19-40(58)20-14-35/h2-28,55,57-59H,29-30H2,1H3. The van der Waals surface area contributed by atoms with Crippen molar-refractivity contribution in [3.63, 3.8) is 0 Å². The first kappa shape index (κ1) is 36.4. The monoisotopic (exact) mass is 782 g/mol. The van der Waals surface area contributed by atoms with Crippen LogP contribution in [0.1, 0.15) is 51.3 Å². The molecule has 0 spiro atoms. The maximum atomic E-state index is 12.7. The average Bonchev–Trinajstić information content (AvgIpc) is 4.10. The first-order valence-corrected chi connectivity index (χ1v) is 19.8. The highest BCUT2D eigenvalue weighted by Crippen LogP contribution is 2.41. The lowest BCUT2D eigenvalue weighted by Crippen LogP contribution is -2.21. The third kappa shape index (κ3) is 6.69. The number of phenols is 3. The van der Waals surface area contributed by atoms with E-state index in [-0.39, 0.29) is 22.8 Å². The van der Waals surface area contributed by atoms with Crippen molar-refractivity contribution in [1.82, 2.24) is 9.55 Å². The van der Waals surface area contributed by atoms with Gasteiger partial charge in [0.15, 0.2) is 0 Å². The van der Waals surface area contributed by atoms with Gasteiger partial charge in [-0.1, -0.05) is 78.9 Å². The van der Waals surface area contributed by atoms with Crippen LogP contribution in [0.5, 0.6) is 17.2 Å². The number of nitrogens with zero attached hydrogens (tertiary/aromatic N) is 3. The number of benzene rings is 4. The van der Waals surface area contributed by atoms with Crippen molar-refractivity contribution < 1.29 is 15.3 Å². The number of H-pyrrole nitrogens is 1. The molecule has 0 radical (unpaired) electrons. The van der Waals surface area contributed by atoms with Crippen LogP contribution in [-0.4, -0.2) is 36.3 Å². The summed E-state index contributed by atoms with van der Waals surface area (Å²) >= 11 is 0. The van der Waals surface area contributed by atoms with Crippen LogP contribution in [0.4, 0.5) is 0 Å². The summed E-state index contributed by atoms with van der Waals surface area (Å²) in [4.78, 5) is 27.1. The highest BCUT2D eigenvalue weighted by atomic mass is 16.3. The van der Waals surface area contributed by atoms with Crippen molar-refractivity contribution in [3.8, 4) is 17.2 Å². The molecule has 4 N–H and O–H groups in total. The number of aliphatic imine (C=N–C) groups is 2. The number of pyridine rings is 1. The molecule has 8 heteroatoms. The number of allylic oxidation sites excluding steroid dienone is 10. The summed E-state index contributed by atoms with van der Waals surface area (Å²) in [6.45, 7) is 2.41. The van der Waals surface area contributed by atoms with Gasteiger partial charge in [0.25, 0.3) is 5.56 Å². The maximum Gasteiger partial charge on any atom is 0.251 e. The van der Waals surface area contributed by atoms with E-state index < -0.39 is 0 Å². The van der Waals surface area contributed by atoms with Gasteiger partial charge in [0.2, 0.25) is 0 Å². The fraction of sp³-hybridized carbons (Fsp3) is 0.0577. The Balaban J connectivity index is 1.21. The predicted molar refractivity (Wildman–Crippen MR) is 239 cm³/mol. The van der Waals surface area contributed by atoms with Crippen LogP contribution < -0.4 is 5.56 Å². The maximum absolute atomic E-state index is 12.7. The zero-order valence-electron chi connectivity index (χ0n) is 32.6. The zero-order chi connectivity index (χ0) is 40.9. The molecule has 0 saturated heterocycles. The molecule has 2 aromatic heterocycles. The lowest BCUT2D eigenvalue weighted by atomic mass is 9.91. The van der Waals surface area contributed by atoms with E-state index in [2.05, 4.69) is 47.5 Å². The van der Waals surface area contributed by atoms with Crippen molar-refractivity contribution in [1.29, 1.82) is 0 Å². The summed E-state index contributed by atoms with van der Waals surface area (Å²) in [6, 6.07) is 39.3. The van der Waals surface area contributed by atoms with Gasteiger partial charge in [0.1, 0.15) is 17.2 Å². The quantitative estimate of drug-likeness (QED) is 0.134. The fourth-order valence-corrected chi connectivity index (χ4v) is 8.38. The van der Waals surface area contributed by atoms with Gasteiger partial charge in [-0.2, -0.15) is 0 Å². The number of rotatable bonds is 6. The normalized spacial score (nSPS) is 15.8. The van der Waals surface area contributed by atoms with Crippen LogP contribution in [0.15, 0.2) is 201 Å². The van der Waals surface area contributed by atoms with Crippen molar-refractivity contribution >= 4 is 33.7 Å². The minimum atomic E-state index is -0.0364. The van der Waals surface area contributed by atoms with Crippen LogP contribution in [-0.2, 0) is 6.54 Å². The van der Waals surface area contributed by atoms with Crippen molar-refractivity contribution in [2.45, 2.75) is 19.9 Å². The Hall–Kier alpha value is -7.97. The Morgan fingerprint density at radius 3 is 1.40 bits per heavy atom. The van der Waals surface area contributed by atoms with E-state index in [1.807, 2.05) is 79.7 Å². The summed E-state index contributed by atoms with van der Waals surface area (Å²) in [5.41, 5.74) is 16.1. The Morgan fingerprint density at radius 1 is 0.517 bits per heavy atom. The summed E-state index contributed by atoms with van der Waals surface area (Å²) in [5, 5.41) is 30.8. The second-order valence-corrected chi connectivity index (χ2v) is 15.2. The molecule has 0 fully saturated rings. The molecule has 3 aliphatic heterocycles. The molecule has 10 rings (SSSR count). The lowest BCUT2D eigenvalue weighted by Gasteiger charge is -2.15. The predicted octanol–water partition coefficient (Wildman–Crippen LogP) is 10.1. The third-order valence-electron chi connectivity index (χ3n) is 11.4. The minimum absolute atomic E-state index is 0.0364. The summed E-state index contributed by atoms with van der Waals surface area (Å²) in [5.74, 6) is 0.521. The highest BCUT2D eigenvalue weighted by molar-refractivity contribution is 6.34. The number of phenolic OH excluding ortho intramolecular Hbond substituents is 3. The molecule has 6 aromatic rings. The smallest absolute Gasteiger partial charge is 0.251 e. The van der Waals surface area contributed by atoms with E-state index in [1.165, 1.54) is 0 Å². The highest BCUT2D eigenvalue weighted by Gasteiger charge is 2.27. The number of aromatic hydroxyl groups is 3. The van der Waals surface area contributed by atoms with Crippen LogP contribution in [0.3, 0.4) is 0 Å². The first-order chi connectivity index (χ1) is 29.3. The van der Waals surface area contributed by atoms with Crippen LogP contribution in [0.2, 0.25) is 0 Å². The minimum Gasteiger partial charge on any atom is -0.508 e. The lowest BCUT2D eigenvalue weighted by molar-refractivity contribution is 0.474. The molecule has 0 amide bonds. The van der Waals surface area contributed by atoms with E-state index in [1.54, 1.807) is 53.1 Å². The van der Waals surface area contributed by atoms with Gasteiger partial charge in [-0.05, 0) is 131 Å². The number of aromatic amines is 1. The van der Waals surface area contributed by atoms with Gasteiger partial charge in [-0.3, -0.25) is 4.79 Å². The molecule has 4 aromatic carbocycles. The molecule has 0 unspecified atom stereocenters. The molecule has 5 heterocycles. The van der Waals surface area contributed by atoms with E-state index in [4.69, 9.17) is 9.98 Å². The first-order valence-electron chi connectivity index (χ1n) is 19.8. The second kappa shape index (κ2) is 14.8. The number of aromatic nitrogens is 2. The van der Waals surface area contributed by atoms with E-state index in [0.717, 1.165) is 101 Å². The Morgan fingerprint density at radius 2 is 0.950 bits per heavy atom. The molecule has 290 valence electrons. The van der Waals surface area contributed by atoms with Crippen molar-refractivity contribution in [3.05, 3.63) is 242 Å². The third-order valence-corrected chi connectivity index (χ3v) is 11.4. The fourth-order valence-electron chi connectivity index (χ4n) is 8.38. The van der Waals surface area contributed by atoms with Gasteiger partial charge in [-0.25, -0.2) is 9.98 Å². The molecule has 0 saturated carbocycles. The van der Waals surface area contributed by atoms with Gasteiger partial charge in [0, 0.05) is 45.4 Å². The largest absolute Gasteiger partial charge is 0.508 e. The molecule has 1 aliphatic carbocycles. The van der Waals surface area contributed by atoms with Gasteiger partial charge >= 0.3 is 0 Å². The number of hydrogen-bond donors (Lipinski definition) is 4. The molecule has 60 heavy (non-hydrogen) atoms. The molecule has 0 atom stereocenters. The molecule has 4 aliphatic rings. The zero-order valence-corrected chi connectivity index (χ0v) is 32.6. The summed E-state index contributed by atoms with van der Waals surface area (Å²) < 4.78 is 1.77. The molecule has 8 bridgehead atoms. The Labute approximate surface area is 346 Å². The summed E-state index contributed by atoms with van der Waals surface area (Å²) in [7, 11) is 0. The molecule has 8 nitrogen and oxygen atoms in total. The SMILES string of the molecule is Cc1cccc(=O)n1Cc1ccc(C2=C3C=CC(=C(c4ccc(O)cc4)C4=NC(=C(c5ccc(O)cc5)c5ccc([nH]5)C(c5ccc(O)cc5)=C5C=CC2=N5)C=C4)C3)cc1. The van der Waals surface area contributed by atoms with Gasteiger partial charge in [-0.15, -0.1) is 0 Å². The van der Waals surface area contributed by atoms with Crippen LogP contribution in [0.25, 0.3) is 22.3 Å². The van der Waals surface area contributed by atoms with Crippen LogP contribution in [0, 0.1) is 6.92 Å². The van der Waals surface area contributed by atoms with E-state index in [9.17, 15) is 20.1 Å². The average molecular weight is 783 g/mol. The van der Waals surface area contributed by atoms with Crippen molar-refractivity contribution in [2.75, 3.05) is 0 Å². The number of hydrogen-bond acceptors (Lipinski definition) is 6. The Kier molecular flexibility index (Phi) is 8.95. The topological polar surface area (TPSA) is 123 Å². The van der Waals surface area contributed by atoms with E-state index >= 15 is 0 Å². The van der Waals surface area contributed by atoms with Gasteiger partial charge in [0.05, 0.1) is 29.4 Å². The van der Waals surface area contributed by atoms with E-state index in [0.29, 0.717) is 13.0 Å². The Bertz CT molecular complexity index is 3090. The van der Waals surface area contributed by atoms with Crippen LogP contribution >= 0.6 is 0 Å². The molecular formula is C52H38N4O4. The summed E-state index contributed by atoms with van der Waals surface area (Å²) in [6.07, 6.45) is 13.1. The number of aryl methyl sites for hydroxylation is 1. The number of fused-ring (bicyclic) bond motifs is 6. The van der Waals surface area contributed by atoms with Gasteiger partial charge < -0.3 is 24.9 Å². The number of nitrogens with one attached hydrogen (secondary N) is 1. The second-order valence-electron chi connectivity index (χ2n) is 15.2. The molecular weight excluding hydrogens is 745 g/mol.